The lowest BCUT2D eigenvalue weighted by Crippen LogP contribution is -2.18. The Balaban J connectivity index is 1.89. The summed E-state index contributed by atoms with van der Waals surface area (Å²) < 4.78 is 0. The summed E-state index contributed by atoms with van der Waals surface area (Å²) in [5.41, 5.74) is 12.4. The third kappa shape index (κ3) is 3.28. The van der Waals surface area contributed by atoms with Crippen LogP contribution >= 0.6 is 0 Å². The number of fused-ring (bicyclic) bond motifs is 3. The zero-order valence-corrected chi connectivity index (χ0v) is 18.6. The molecule has 0 saturated carbocycles. The average molecular weight is 371 g/mol. The molecule has 0 bridgehead atoms. The molecule has 146 valence electrons. The first-order chi connectivity index (χ1) is 13.1. The number of hydrogen-bond acceptors (Lipinski definition) is 0. The fourth-order valence-corrected chi connectivity index (χ4v) is 4.89. The standard InChI is InChI=1S/C28H34/c1-18-14-25(28(5,6)7)23(15-19-10-8-9-11-19)24-17-20-16-21(27(2,3)4)12-13-22(20)26(18)24/h8-14,16,19H,15,17H2,1-7H3. The van der Waals surface area contributed by atoms with E-state index in [2.05, 4.69) is 97.0 Å². The van der Waals surface area contributed by atoms with Crippen LogP contribution < -0.4 is 0 Å². The van der Waals surface area contributed by atoms with Crippen LogP contribution in [0.5, 0.6) is 0 Å². The molecule has 2 aromatic rings. The first kappa shape index (κ1) is 19.2. The molecule has 0 spiro atoms. The summed E-state index contributed by atoms with van der Waals surface area (Å²) in [5, 5.41) is 0. The van der Waals surface area contributed by atoms with Crippen molar-refractivity contribution in [3.63, 3.8) is 0 Å². The molecule has 0 nitrogen and oxygen atoms in total. The third-order valence-electron chi connectivity index (χ3n) is 6.43. The highest BCUT2D eigenvalue weighted by Crippen LogP contribution is 2.46. The van der Waals surface area contributed by atoms with Crippen molar-refractivity contribution in [3.8, 4) is 11.1 Å². The quantitative estimate of drug-likeness (QED) is 0.439. The van der Waals surface area contributed by atoms with Crippen LogP contribution in [0.2, 0.25) is 0 Å². The van der Waals surface area contributed by atoms with Crippen molar-refractivity contribution in [1.82, 2.24) is 0 Å². The van der Waals surface area contributed by atoms with Gasteiger partial charge in [0.1, 0.15) is 0 Å². The molecule has 0 heteroatoms. The first-order valence-corrected chi connectivity index (χ1v) is 10.7. The molecule has 0 radical (unpaired) electrons. The zero-order valence-electron chi connectivity index (χ0n) is 18.6. The molecule has 0 heterocycles. The van der Waals surface area contributed by atoms with E-state index in [4.69, 9.17) is 0 Å². The van der Waals surface area contributed by atoms with Crippen LogP contribution in [0.25, 0.3) is 11.1 Å². The minimum atomic E-state index is 0.159. The second-order valence-electron chi connectivity index (χ2n) is 10.8. The molecule has 4 rings (SSSR count). The normalized spacial score (nSPS) is 16.0. The van der Waals surface area contributed by atoms with Crippen molar-refractivity contribution in [1.29, 1.82) is 0 Å². The van der Waals surface area contributed by atoms with Crippen LogP contribution in [0, 0.1) is 12.8 Å². The molecule has 2 aliphatic carbocycles. The maximum atomic E-state index is 2.48. The predicted molar refractivity (Wildman–Crippen MR) is 122 cm³/mol. The Kier molecular flexibility index (Phi) is 4.45. The van der Waals surface area contributed by atoms with E-state index in [-0.39, 0.29) is 10.8 Å². The van der Waals surface area contributed by atoms with Crippen LogP contribution in [0.4, 0.5) is 0 Å². The number of rotatable bonds is 2. The summed E-state index contributed by atoms with van der Waals surface area (Å²) in [6.07, 6.45) is 11.3. The molecule has 0 aliphatic heterocycles. The van der Waals surface area contributed by atoms with Gasteiger partial charge in [-0.1, -0.05) is 90.1 Å². The Bertz CT molecular complexity index is 972. The zero-order chi connectivity index (χ0) is 20.3. The second-order valence-corrected chi connectivity index (χ2v) is 10.8. The van der Waals surface area contributed by atoms with Crippen LogP contribution in [-0.4, -0.2) is 0 Å². The highest BCUT2D eigenvalue weighted by atomic mass is 14.3. The van der Waals surface area contributed by atoms with Crippen LogP contribution in [0.3, 0.4) is 0 Å². The van der Waals surface area contributed by atoms with E-state index in [1.807, 2.05) is 0 Å². The SMILES string of the molecule is Cc1cc(C(C)(C)C)c(CC2C=CC=C2)c2c1-c1ccc(C(C)(C)C)cc1C2. The molecule has 0 unspecified atom stereocenters. The Morgan fingerprint density at radius 3 is 2.18 bits per heavy atom. The summed E-state index contributed by atoms with van der Waals surface area (Å²) in [4.78, 5) is 0. The minimum Gasteiger partial charge on any atom is -0.0773 e. The molecule has 2 aliphatic rings. The van der Waals surface area contributed by atoms with Crippen LogP contribution in [0.1, 0.15) is 74.9 Å². The largest absolute Gasteiger partial charge is 0.0773 e. The highest BCUT2D eigenvalue weighted by Gasteiger charge is 2.30. The molecule has 0 fully saturated rings. The van der Waals surface area contributed by atoms with E-state index in [0.717, 1.165) is 12.8 Å². The van der Waals surface area contributed by atoms with Gasteiger partial charge in [0.25, 0.3) is 0 Å². The van der Waals surface area contributed by atoms with E-state index in [1.54, 1.807) is 11.1 Å². The smallest absolute Gasteiger partial charge is 0.000662 e. The van der Waals surface area contributed by atoms with Gasteiger partial charge in [0.2, 0.25) is 0 Å². The molecule has 2 aromatic carbocycles. The van der Waals surface area contributed by atoms with Gasteiger partial charge < -0.3 is 0 Å². The predicted octanol–water partition coefficient (Wildman–Crippen LogP) is 7.45. The van der Waals surface area contributed by atoms with Gasteiger partial charge in [-0.3, -0.25) is 0 Å². The van der Waals surface area contributed by atoms with Crippen molar-refractivity contribution >= 4 is 0 Å². The summed E-state index contributed by atoms with van der Waals surface area (Å²) in [6.45, 7) is 16.3. The Hall–Kier alpha value is -2.08. The second kappa shape index (κ2) is 6.48. The van der Waals surface area contributed by atoms with E-state index in [1.165, 1.54) is 33.4 Å². The van der Waals surface area contributed by atoms with Gasteiger partial charge in [0.15, 0.2) is 0 Å². The summed E-state index contributed by atoms with van der Waals surface area (Å²) in [7, 11) is 0. The molecule has 0 atom stereocenters. The van der Waals surface area contributed by atoms with Gasteiger partial charge in [-0.15, -0.1) is 0 Å². The van der Waals surface area contributed by atoms with Crippen molar-refractivity contribution in [2.75, 3.05) is 0 Å². The van der Waals surface area contributed by atoms with Gasteiger partial charge in [-0.05, 0) is 81.0 Å². The van der Waals surface area contributed by atoms with E-state index >= 15 is 0 Å². The lowest BCUT2D eigenvalue weighted by molar-refractivity contribution is 0.577. The van der Waals surface area contributed by atoms with Gasteiger partial charge in [0.05, 0.1) is 0 Å². The molecule has 0 aromatic heterocycles. The van der Waals surface area contributed by atoms with Crippen molar-refractivity contribution in [3.05, 3.63) is 82.0 Å². The van der Waals surface area contributed by atoms with Crippen LogP contribution in [-0.2, 0) is 23.7 Å². The molecule has 0 amide bonds. The van der Waals surface area contributed by atoms with E-state index in [9.17, 15) is 0 Å². The van der Waals surface area contributed by atoms with Crippen molar-refractivity contribution in [2.45, 2.75) is 72.1 Å². The lowest BCUT2D eigenvalue weighted by atomic mass is 9.77. The highest BCUT2D eigenvalue weighted by molar-refractivity contribution is 5.82. The lowest BCUT2D eigenvalue weighted by Gasteiger charge is -2.27. The van der Waals surface area contributed by atoms with Gasteiger partial charge in [0, 0.05) is 0 Å². The molecule has 28 heavy (non-hydrogen) atoms. The van der Waals surface area contributed by atoms with E-state index < -0.39 is 0 Å². The molecule has 0 N–H and O–H groups in total. The topological polar surface area (TPSA) is 0 Å². The number of allylic oxidation sites excluding steroid dienone is 4. The number of aryl methyl sites for hydroxylation is 1. The maximum absolute atomic E-state index is 2.48. The summed E-state index contributed by atoms with van der Waals surface area (Å²) in [6, 6.07) is 9.66. The Labute approximate surface area is 171 Å². The maximum Gasteiger partial charge on any atom is -0.000662 e. The molecular formula is C28H34. The molecule has 0 saturated heterocycles. The third-order valence-corrected chi connectivity index (χ3v) is 6.43. The first-order valence-electron chi connectivity index (χ1n) is 10.7. The Morgan fingerprint density at radius 1 is 0.893 bits per heavy atom. The van der Waals surface area contributed by atoms with Gasteiger partial charge >= 0.3 is 0 Å². The van der Waals surface area contributed by atoms with Gasteiger partial charge in [-0.2, -0.15) is 0 Å². The number of benzene rings is 2. The Morgan fingerprint density at radius 2 is 1.57 bits per heavy atom. The van der Waals surface area contributed by atoms with Gasteiger partial charge in [-0.25, -0.2) is 0 Å². The number of hydrogen-bond donors (Lipinski definition) is 0. The monoisotopic (exact) mass is 370 g/mol. The van der Waals surface area contributed by atoms with Crippen molar-refractivity contribution in [2.24, 2.45) is 5.92 Å². The molecular weight excluding hydrogens is 336 g/mol. The van der Waals surface area contributed by atoms with E-state index in [0.29, 0.717) is 5.92 Å². The van der Waals surface area contributed by atoms with Crippen molar-refractivity contribution < 1.29 is 0 Å². The van der Waals surface area contributed by atoms with Crippen LogP contribution in [0.15, 0.2) is 48.6 Å². The average Bonchev–Trinajstić information content (AvgIpc) is 3.22. The summed E-state index contributed by atoms with van der Waals surface area (Å²) >= 11 is 0. The summed E-state index contributed by atoms with van der Waals surface area (Å²) in [5.74, 6) is 0.529. The fourth-order valence-electron chi connectivity index (χ4n) is 4.89. The minimum absolute atomic E-state index is 0.159. The fraction of sp³-hybridized carbons (Fsp3) is 0.429.